The van der Waals surface area contributed by atoms with E-state index in [2.05, 4.69) is 15.2 Å². The first-order chi connectivity index (χ1) is 6.42. The zero-order valence-electron chi connectivity index (χ0n) is 6.96. The first-order valence-corrected chi connectivity index (χ1v) is 3.92. The first kappa shape index (κ1) is 7.88. The second-order valence-electron chi connectivity index (χ2n) is 2.50. The second-order valence-corrected chi connectivity index (χ2v) is 2.50. The van der Waals surface area contributed by atoms with Gasteiger partial charge in [0.05, 0.1) is 6.54 Å². The minimum Gasteiger partial charge on any atom is -0.324 e. The molecule has 0 aliphatic carbocycles. The minimum absolute atomic E-state index is 0.392. The van der Waals surface area contributed by atoms with Crippen LogP contribution in [0.15, 0.2) is 30.7 Å². The summed E-state index contributed by atoms with van der Waals surface area (Å²) < 4.78 is 1.81. The zero-order chi connectivity index (χ0) is 9.10. The first-order valence-electron chi connectivity index (χ1n) is 3.92. The van der Waals surface area contributed by atoms with Crippen LogP contribution in [-0.2, 0) is 6.54 Å². The fourth-order valence-electron chi connectivity index (χ4n) is 1.12. The molecule has 2 aromatic heterocycles. The highest BCUT2D eigenvalue weighted by Crippen LogP contribution is 2.04. The Kier molecular flexibility index (Phi) is 2.01. The molecule has 0 fully saturated rings. The quantitative estimate of drug-likeness (QED) is 0.703. The zero-order valence-corrected chi connectivity index (χ0v) is 6.96. The Hall–Kier alpha value is -1.75. The number of nitrogens with zero attached hydrogens (tertiary/aromatic N) is 4. The predicted octanol–water partition coefficient (Wildman–Crippen LogP) is 0.121. The van der Waals surface area contributed by atoms with Crippen LogP contribution in [-0.4, -0.2) is 19.7 Å². The van der Waals surface area contributed by atoms with Crippen LogP contribution in [0.4, 0.5) is 0 Å². The van der Waals surface area contributed by atoms with Gasteiger partial charge in [-0.1, -0.05) is 0 Å². The summed E-state index contributed by atoms with van der Waals surface area (Å²) in [6, 6.07) is 3.68. The van der Waals surface area contributed by atoms with Gasteiger partial charge in [0, 0.05) is 18.6 Å². The van der Waals surface area contributed by atoms with Gasteiger partial charge < -0.3 is 5.73 Å². The fourth-order valence-corrected chi connectivity index (χ4v) is 1.12. The van der Waals surface area contributed by atoms with Crippen LogP contribution in [0.3, 0.4) is 0 Å². The van der Waals surface area contributed by atoms with Crippen LogP contribution < -0.4 is 5.73 Å². The molecule has 0 saturated heterocycles. The molecule has 0 amide bonds. The molecular formula is C8H9N5. The molecule has 5 heteroatoms. The van der Waals surface area contributed by atoms with E-state index in [-0.39, 0.29) is 0 Å². The third-order valence-corrected chi connectivity index (χ3v) is 1.70. The molecule has 0 spiro atoms. The monoisotopic (exact) mass is 175 g/mol. The molecule has 66 valence electrons. The SMILES string of the molecule is NCc1nccn1-c1cccnn1. The number of rotatable bonds is 2. The van der Waals surface area contributed by atoms with E-state index in [0.717, 1.165) is 11.6 Å². The number of hydrogen-bond acceptors (Lipinski definition) is 4. The molecule has 0 bridgehead atoms. The molecule has 2 rings (SSSR count). The van der Waals surface area contributed by atoms with Gasteiger partial charge in [0.1, 0.15) is 5.82 Å². The summed E-state index contributed by atoms with van der Waals surface area (Å²) in [5.74, 6) is 1.51. The summed E-state index contributed by atoms with van der Waals surface area (Å²) in [4.78, 5) is 4.08. The van der Waals surface area contributed by atoms with Crippen LogP contribution >= 0.6 is 0 Å². The van der Waals surface area contributed by atoms with E-state index < -0.39 is 0 Å². The highest BCUT2D eigenvalue weighted by molar-refractivity contribution is 5.21. The molecule has 0 unspecified atom stereocenters. The maximum absolute atomic E-state index is 5.50. The lowest BCUT2D eigenvalue weighted by atomic mass is 10.5. The summed E-state index contributed by atoms with van der Waals surface area (Å²) in [5.41, 5.74) is 5.50. The van der Waals surface area contributed by atoms with E-state index in [1.54, 1.807) is 12.4 Å². The lowest BCUT2D eigenvalue weighted by Gasteiger charge is -2.02. The van der Waals surface area contributed by atoms with E-state index in [9.17, 15) is 0 Å². The van der Waals surface area contributed by atoms with E-state index in [1.807, 2.05) is 22.9 Å². The lowest BCUT2D eigenvalue weighted by Crippen LogP contribution is -2.07. The van der Waals surface area contributed by atoms with Crippen LogP contribution in [0.5, 0.6) is 0 Å². The molecule has 2 N–H and O–H groups in total. The molecule has 0 aromatic carbocycles. The summed E-state index contributed by atoms with van der Waals surface area (Å²) >= 11 is 0. The van der Waals surface area contributed by atoms with Crippen LogP contribution in [0.2, 0.25) is 0 Å². The minimum atomic E-state index is 0.392. The number of aromatic nitrogens is 4. The van der Waals surface area contributed by atoms with E-state index in [1.165, 1.54) is 0 Å². The molecule has 0 aliphatic rings. The summed E-state index contributed by atoms with van der Waals surface area (Å²) in [6.07, 6.45) is 5.13. The van der Waals surface area contributed by atoms with Crippen LogP contribution in [0.1, 0.15) is 5.82 Å². The Balaban J connectivity index is 2.47. The predicted molar refractivity (Wildman–Crippen MR) is 47.0 cm³/mol. The van der Waals surface area contributed by atoms with Crippen molar-refractivity contribution in [3.05, 3.63) is 36.5 Å². The van der Waals surface area contributed by atoms with Crippen molar-refractivity contribution in [2.24, 2.45) is 5.73 Å². The van der Waals surface area contributed by atoms with Crippen molar-refractivity contribution in [1.29, 1.82) is 0 Å². The highest BCUT2D eigenvalue weighted by Gasteiger charge is 2.02. The lowest BCUT2D eigenvalue weighted by molar-refractivity contribution is 0.825. The van der Waals surface area contributed by atoms with Crippen molar-refractivity contribution in [2.45, 2.75) is 6.54 Å². The number of nitrogens with two attached hydrogens (primary N) is 1. The van der Waals surface area contributed by atoms with Crippen molar-refractivity contribution in [2.75, 3.05) is 0 Å². The van der Waals surface area contributed by atoms with Crippen molar-refractivity contribution in [3.8, 4) is 5.82 Å². The normalized spacial score (nSPS) is 10.2. The second kappa shape index (κ2) is 3.32. The Morgan fingerprint density at radius 1 is 1.38 bits per heavy atom. The molecule has 5 nitrogen and oxygen atoms in total. The summed E-state index contributed by atoms with van der Waals surface area (Å²) in [5, 5.41) is 7.72. The van der Waals surface area contributed by atoms with Gasteiger partial charge in [0.25, 0.3) is 0 Å². The van der Waals surface area contributed by atoms with Gasteiger partial charge >= 0.3 is 0 Å². The molecule has 0 atom stereocenters. The van der Waals surface area contributed by atoms with Crippen molar-refractivity contribution in [1.82, 2.24) is 19.7 Å². The van der Waals surface area contributed by atoms with Crippen molar-refractivity contribution in [3.63, 3.8) is 0 Å². The van der Waals surface area contributed by atoms with E-state index in [4.69, 9.17) is 5.73 Å². The number of imidazole rings is 1. The molecule has 0 aliphatic heterocycles. The Morgan fingerprint density at radius 2 is 2.31 bits per heavy atom. The average molecular weight is 175 g/mol. The highest BCUT2D eigenvalue weighted by atomic mass is 15.2. The average Bonchev–Trinajstić information content (AvgIpc) is 2.67. The van der Waals surface area contributed by atoms with E-state index >= 15 is 0 Å². The topological polar surface area (TPSA) is 69.6 Å². The largest absolute Gasteiger partial charge is 0.324 e. The van der Waals surface area contributed by atoms with Gasteiger partial charge in [-0.05, 0) is 12.1 Å². The van der Waals surface area contributed by atoms with Gasteiger partial charge in [0.2, 0.25) is 0 Å². The van der Waals surface area contributed by atoms with Crippen LogP contribution in [0.25, 0.3) is 5.82 Å². The van der Waals surface area contributed by atoms with Crippen molar-refractivity contribution >= 4 is 0 Å². The maximum atomic E-state index is 5.50. The number of hydrogen-bond donors (Lipinski definition) is 1. The molecule has 2 aromatic rings. The summed E-state index contributed by atoms with van der Waals surface area (Å²) in [6.45, 7) is 0.392. The molecular weight excluding hydrogens is 166 g/mol. The Bertz CT molecular complexity index is 380. The Morgan fingerprint density at radius 3 is 3.00 bits per heavy atom. The third kappa shape index (κ3) is 1.41. The van der Waals surface area contributed by atoms with E-state index in [0.29, 0.717) is 6.54 Å². The van der Waals surface area contributed by atoms with Gasteiger partial charge in [-0.2, -0.15) is 5.10 Å². The maximum Gasteiger partial charge on any atom is 0.160 e. The Labute approximate surface area is 75.2 Å². The third-order valence-electron chi connectivity index (χ3n) is 1.70. The smallest absolute Gasteiger partial charge is 0.160 e. The van der Waals surface area contributed by atoms with Crippen LogP contribution in [0, 0.1) is 0 Å². The van der Waals surface area contributed by atoms with Gasteiger partial charge in [-0.15, -0.1) is 5.10 Å². The molecule has 2 heterocycles. The molecule has 0 saturated carbocycles. The summed E-state index contributed by atoms with van der Waals surface area (Å²) in [7, 11) is 0. The molecule has 0 radical (unpaired) electrons. The standard InChI is InChI=1S/C8H9N5/c9-6-8-10-4-5-13(8)7-2-1-3-11-12-7/h1-5H,6,9H2. The van der Waals surface area contributed by atoms with Gasteiger partial charge in [0.15, 0.2) is 5.82 Å². The van der Waals surface area contributed by atoms with Gasteiger partial charge in [-0.3, -0.25) is 4.57 Å². The molecule has 13 heavy (non-hydrogen) atoms. The van der Waals surface area contributed by atoms with Crippen molar-refractivity contribution < 1.29 is 0 Å². The van der Waals surface area contributed by atoms with Gasteiger partial charge in [-0.25, -0.2) is 4.98 Å². The fraction of sp³-hybridized carbons (Fsp3) is 0.125.